The Balaban J connectivity index is 2.51. The van der Waals surface area contributed by atoms with Crippen LogP contribution in [0.4, 0.5) is 0 Å². The standard InChI is InChI=1S/C22H34BrNO4/c1-22(2,3)28-21(26)15-17-24(27-18-19-12-8-7-9-13-19)20(25)14-10-5-4-6-11-16-23/h7-9,12-13H,4-6,10-11,14-18H2,1-3H3. The first-order chi connectivity index (χ1) is 13.3. The number of hydroxylamine groups is 2. The fourth-order valence-corrected chi connectivity index (χ4v) is 3.00. The number of rotatable bonds is 13. The summed E-state index contributed by atoms with van der Waals surface area (Å²) in [6.45, 7) is 5.98. The second kappa shape index (κ2) is 13.7. The molecular formula is C22H34BrNO4. The van der Waals surface area contributed by atoms with Crippen molar-refractivity contribution in [2.75, 3.05) is 11.9 Å². The first kappa shape index (κ1) is 24.6. The summed E-state index contributed by atoms with van der Waals surface area (Å²) < 4.78 is 5.33. The number of halogens is 1. The van der Waals surface area contributed by atoms with E-state index in [1.54, 1.807) is 0 Å². The summed E-state index contributed by atoms with van der Waals surface area (Å²) in [6, 6.07) is 9.68. The summed E-state index contributed by atoms with van der Waals surface area (Å²) in [6.07, 6.45) is 5.86. The maximum atomic E-state index is 12.6. The molecule has 0 saturated heterocycles. The van der Waals surface area contributed by atoms with Crippen LogP contribution in [0.1, 0.15) is 71.3 Å². The van der Waals surface area contributed by atoms with E-state index in [9.17, 15) is 9.59 Å². The van der Waals surface area contributed by atoms with Gasteiger partial charge in [-0.25, -0.2) is 5.06 Å². The topological polar surface area (TPSA) is 55.8 Å². The monoisotopic (exact) mass is 455 g/mol. The highest BCUT2D eigenvalue weighted by Crippen LogP contribution is 2.12. The third-order valence-electron chi connectivity index (χ3n) is 3.97. The number of alkyl halides is 1. The smallest absolute Gasteiger partial charge is 0.308 e. The van der Waals surface area contributed by atoms with Crippen molar-refractivity contribution in [3.63, 3.8) is 0 Å². The minimum absolute atomic E-state index is 0.0834. The molecular weight excluding hydrogens is 422 g/mol. The molecule has 1 aromatic carbocycles. The Morgan fingerprint density at radius 3 is 2.25 bits per heavy atom. The second-order valence-electron chi connectivity index (χ2n) is 7.80. The van der Waals surface area contributed by atoms with Crippen molar-refractivity contribution in [1.29, 1.82) is 0 Å². The third kappa shape index (κ3) is 12.1. The van der Waals surface area contributed by atoms with Crippen LogP contribution in [-0.4, -0.2) is 34.4 Å². The molecule has 0 heterocycles. The zero-order chi connectivity index (χ0) is 20.8. The van der Waals surface area contributed by atoms with Gasteiger partial charge in [-0.05, 0) is 39.2 Å². The van der Waals surface area contributed by atoms with Gasteiger partial charge in [0.05, 0.1) is 13.0 Å². The molecule has 0 unspecified atom stereocenters. The van der Waals surface area contributed by atoms with Gasteiger partial charge in [0.1, 0.15) is 12.2 Å². The lowest BCUT2D eigenvalue weighted by molar-refractivity contribution is -0.194. The molecule has 28 heavy (non-hydrogen) atoms. The number of hydrogen-bond donors (Lipinski definition) is 0. The summed E-state index contributed by atoms with van der Waals surface area (Å²) in [7, 11) is 0. The quantitative estimate of drug-likeness (QED) is 0.172. The molecule has 0 aliphatic carbocycles. The third-order valence-corrected chi connectivity index (χ3v) is 4.53. The van der Waals surface area contributed by atoms with Crippen LogP contribution >= 0.6 is 15.9 Å². The molecule has 0 spiro atoms. The first-order valence-electron chi connectivity index (χ1n) is 10.1. The Labute approximate surface area is 177 Å². The maximum absolute atomic E-state index is 12.6. The summed E-state index contributed by atoms with van der Waals surface area (Å²) >= 11 is 3.43. The summed E-state index contributed by atoms with van der Waals surface area (Å²) in [5.41, 5.74) is 0.443. The van der Waals surface area contributed by atoms with Crippen molar-refractivity contribution in [2.24, 2.45) is 0 Å². The van der Waals surface area contributed by atoms with E-state index in [0.717, 1.165) is 36.6 Å². The molecule has 6 heteroatoms. The summed E-state index contributed by atoms with van der Waals surface area (Å²) in [5.74, 6) is -0.414. The molecule has 5 nitrogen and oxygen atoms in total. The minimum Gasteiger partial charge on any atom is -0.460 e. The van der Waals surface area contributed by atoms with Crippen molar-refractivity contribution in [3.8, 4) is 0 Å². The van der Waals surface area contributed by atoms with E-state index in [1.165, 1.54) is 11.5 Å². The van der Waals surface area contributed by atoms with Crippen LogP contribution in [0.2, 0.25) is 0 Å². The highest BCUT2D eigenvalue weighted by molar-refractivity contribution is 9.09. The SMILES string of the molecule is CC(C)(C)OC(=O)CCN(OCc1ccccc1)C(=O)CCCCCCCBr. The van der Waals surface area contributed by atoms with Crippen molar-refractivity contribution < 1.29 is 19.2 Å². The molecule has 0 aromatic heterocycles. The molecule has 158 valence electrons. The number of benzene rings is 1. The van der Waals surface area contributed by atoms with Gasteiger partial charge in [0.15, 0.2) is 0 Å². The predicted molar refractivity (Wildman–Crippen MR) is 115 cm³/mol. The van der Waals surface area contributed by atoms with E-state index in [1.807, 2.05) is 51.1 Å². The minimum atomic E-state index is -0.536. The number of unbranched alkanes of at least 4 members (excludes halogenated alkanes) is 4. The predicted octanol–water partition coefficient (Wildman–Crippen LogP) is 5.41. The van der Waals surface area contributed by atoms with E-state index < -0.39 is 5.60 Å². The maximum Gasteiger partial charge on any atom is 0.308 e. The first-order valence-corrected chi connectivity index (χ1v) is 11.2. The van der Waals surface area contributed by atoms with Gasteiger partial charge in [0, 0.05) is 11.8 Å². The molecule has 0 atom stereocenters. The van der Waals surface area contributed by atoms with E-state index in [4.69, 9.17) is 9.57 Å². The molecule has 0 bridgehead atoms. The zero-order valence-electron chi connectivity index (χ0n) is 17.4. The Kier molecular flexibility index (Phi) is 12.1. The number of esters is 1. The Morgan fingerprint density at radius 2 is 1.61 bits per heavy atom. The zero-order valence-corrected chi connectivity index (χ0v) is 19.0. The average molecular weight is 456 g/mol. The molecule has 0 fully saturated rings. The molecule has 0 radical (unpaired) electrons. The van der Waals surface area contributed by atoms with Crippen molar-refractivity contribution in [1.82, 2.24) is 5.06 Å². The lowest BCUT2D eigenvalue weighted by Gasteiger charge is -2.24. The van der Waals surface area contributed by atoms with Crippen molar-refractivity contribution in [2.45, 2.75) is 77.9 Å². The van der Waals surface area contributed by atoms with Gasteiger partial charge in [-0.3, -0.25) is 14.4 Å². The molecule has 0 saturated carbocycles. The van der Waals surface area contributed by atoms with Gasteiger partial charge in [-0.2, -0.15) is 0 Å². The van der Waals surface area contributed by atoms with Crippen LogP contribution in [-0.2, 0) is 25.8 Å². The normalized spacial score (nSPS) is 11.3. The van der Waals surface area contributed by atoms with Crippen molar-refractivity contribution in [3.05, 3.63) is 35.9 Å². The molecule has 0 N–H and O–H groups in total. The summed E-state index contributed by atoms with van der Waals surface area (Å²) in [5, 5.41) is 2.35. The van der Waals surface area contributed by atoms with E-state index in [-0.39, 0.29) is 24.8 Å². The Hall–Kier alpha value is -1.40. The molecule has 0 aliphatic rings. The molecule has 1 aromatic rings. The van der Waals surface area contributed by atoms with Crippen molar-refractivity contribution >= 4 is 27.8 Å². The van der Waals surface area contributed by atoms with Gasteiger partial charge in [0.2, 0.25) is 5.91 Å². The largest absolute Gasteiger partial charge is 0.460 e. The van der Waals surface area contributed by atoms with Gasteiger partial charge in [-0.1, -0.05) is 65.5 Å². The van der Waals surface area contributed by atoms with Gasteiger partial charge in [0.25, 0.3) is 0 Å². The Bertz CT molecular complexity index is 572. The number of amides is 1. The lowest BCUT2D eigenvalue weighted by Crippen LogP contribution is -2.34. The number of carbonyl (C=O) groups excluding carboxylic acids is 2. The van der Waals surface area contributed by atoms with Crippen LogP contribution in [0.3, 0.4) is 0 Å². The Morgan fingerprint density at radius 1 is 0.964 bits per heavy atom. The lowest BCUT2D eigenvalue weighted by atomic mass is 10.1. The molecule has 0 aliphatic heterocycles. The van der Waals surface area contributed by atoms with E-state index >= 15 is 0 Å². The number of ether oxygens (including phenoxy) is 1. The fourth-order valence-electron chi connectivity index (χ4n) is 2.60. The van der Waals surface area contributed by atoms with E-state index in [0.29, 0.717) is 13.0 Å². The highest BCUT2D eigenvalue weighted by Gasteiger charge is 2.20. The van der Waals surface area contributed by atoms with Gasteiger partial charge in [-0.15, -0.1) is 0 Å². The highest BCUT2D eigenvalue weighted by atomic mass is 79.9. The molecule has 1 amide bonds. The average Bonchev–Trinajstić information content (AvgIpc) is 2.64. The van der Waals surface area contributed by atoms with Gasteiger partial charge < -0.3 is 4.74 Å². The fraction of sp³-hybridized carbons (Fsp3) is 0.636. The number of nitrogens with zero attached hydrogens (tertiary/aromatic N) is 1. The van der Waals surface area contributed by atoms with Crippen LogP contribution in [0.5, 0.6) is 0 Å². The van der Waals surface area contributed by atoms with Crippen LogP contribution < -0.4 is 0 Å². The van der Waals surface area contributed by atoms with E-state index in [2.05, 4.69) is 15.9 Å². The summed E-state index contributed by atoms with van der Waals surface area (Å²) in [4.78, 5) is 30.3. The van der Waals surface area contributed by atoms with Crippen LogP contribution in [0.25, 0.3) is 0 Å². The second-order valence-corrected chi connectivity index (χ2v) is 8.59. The van der Waals surface area contributed by atoms with Gasteiger partial charge >= 0.3 is 5.97 Å². The number of hydrogen-bond acceptors (Lipinski definition) is 4. The van der Waals surface area contributed by atoms with Crippen LogP contribution in [0.15, 0.2) is 30.3 Å². The molecule has 1 rings (SSSR count). The number of carbonyl (C=O) groups is 2. The van der Waals surface area contributed by atoms with Crippen LogP contribution in [0, 0.1) is 0 Å².